The van der Waals surface area contributed by atoms with E-state index in [0.29, 0.717) is 0 Å². The molecular formula is C17H30OSi. The molecule has 1 rings (SSSR count). The van der Waals surface area contributed by atoms with Crippen LogP contribution in [0.1, 0.15) is 18.9 Å². The molecule has 0 aliphatic rings. The van der Waals surface area contributed by atoms with Crippen LogP contribution < -0.4 is 0 Å². The van der Waals surface area contributed by atoms with Gasteiger partial charge < -0.3 is 4.74 Å². The third-order valence-electron chi connectivity index (χ3n) is 3.77. The smallest absolute Gasteiger partial charge is 0.0464 e. The van der Waals surface area contributed by atoms with Crippen molar-refractivity contribution >= 4 is 8.07 Å². The summed E-state index contributed by atoms with van der Waals surface area (Å²) < 4.78 is 5.30. The van der Waals surface area contributed by atoms with E-state index < -0.39 is 8.07 Å². The highest BCUT2D eigenvalue weighted by Gasteiger charge is 2.24. The summed E-state index contributed by atoms with van der Waals surface area (Å²) in [6, 6.07) is 12.3. The Bertz CT molecular complexity index is 342. The highest BCUT2D eigenvalue weighted by Crippen LogP contribution is 2.29. The largest absolute Gasteiger partial charge is 0.385 e. The second kappa shape index (κ2) is 7.86. The first-order valence-electron chi connectivity index (χ1n) is 7.45. The van der Waals surface area contributed by atoms with Crippen LogP contribution in [-0.2, 0) is 11.2 Å². The van der Waals surface area contributed by atoms with Crippen LogP contribution >= 0.6 is 0 Å². The van der Waals surface area contributed by atoms with Gasteiger partial charge in [0.05, 0.1) is 0 Å². The molecule has 0 spiro atoms. The minimum atomic E-state index is -1.01. The molecule has 0 radical (unpaired) electrons. The normalized spacial score (nSPS) is 15.2. The van der Waals surface area contributed by atoms with Gasteiger partial charge in [-0.05, 0) is 30.2 Å². The second-order valence-electron chi connectivity index (χ2n) is 6.97. The lowest BCUT2D eigenvalue weighted by atomic mass is 9.87. The van der Waals surface area contributed by atoms with Crippen LogP contribution in [0.15, 0.2) is 30.3 Å². The van der Waals surface area contributed by atoms with E-state index in [4.69, 9.17) is 4.74 Å². The molecular weight excluding hydrogens is 248 g/mol. The van der Waals surface area contributed by atoms with Crippen LogP contribution in [0.5, 0.6) is 0 Å². The highest BCUT2D eigenvalue weighted by atomic mass is 28.3. The average molecular weight is 279 g/mol. The van der Waals surface area contributed by atoms with Gasteiger partial charge in [0.2, 0.25) is 0 Å². The van der Waals surface area contributed by atoms with Gasteiger partial charge in [0.1, 0.15) is 0 Å². The van der Waals surface area contributed by atoms with Crippen molar-refractivity contribution in [1.29, 1.82) is 0 Å². The minimum Gasteiger partial charge on any atom is -0.385 e. The van der Waals surface area contributed by atoms with E-state index in [1.807, 2.05) is 7.11 Å². The van der Waals surface area contributed by atoms with Gasteiger partial charge in [0, 0.05) is 21.8 Å². The Kier molecular flexibility index (Phi) is 6.80. The SMILES string of the molecule is COCCC(C[Si](C)(C)C)C(C)Cc1ccccc1. The first-order chi connectivity index (χ1) is 8.92. The maximum absolute atomic E-state index is 5.30. The third-order valence-corrected chi connectivity index (χ3v) is 5.52. The fraction of sp³-hybridized carbons (Fsp3) is 0.647. The van der Waals surface area contributed by atoms with Gasteiger partial charge in [-0.15, -0.1) is 0 Å². The monoisotopic (exact) mass is 278 g/mol. The Morgan fingerprint density at radius 3 is 2.26 bits per heavy atom. The summed E-state index contributed by atoms with van der Waals surface area (Å²) in [6.07, 6.45) is 2.40. The fourth-order valence-corrected chi connectivity index (χ4v) is 4.98. The van der Waals surface area contributed by atoms with E-state index in [9.17, 15) is 0 Å². The molecule has 0 saturated heterocycles. The number of ether oxygens (including phenoxy) is 1. The van der Waals surface area contributed by atoms with Crippen LogP contribution in [0.2, 0.25) is 25.7 Å². The topological polar surface area (TPSA) is 9.23 Å². The first-order valence-corrected chi connectivity index (χ1v) is 11.2. The Morgan fingerprint density at radius 1 is 1.11 bits per heavy atom. The van der Waals surface area contributed by atoms with Gasteiger partial charge in [-0.1, -0.05) is 62.9 Å². The lowest BCUT2D eigenvalue weighted by Gasteiger charge is -2.29. The molecule has 19 heavy (non-hydrogen) atoms. The molecule has 0 heterocycles. The Hall–Kier alpha value is -0.603. The lowest BCUT2D eigenvalue weighted by molar-refractivity contribution is 0.167. The van der Waals surface area contributed by atoms with Crippen molar-refractivity contribution in [2.45, 2.75) is 45.5 Å². The van der Waals surface area contributed by atoms with Gasteiger partial charge in [0.25, 0.3) is 0 Å². The fourth-order valence-electron chi connectivity index (χ4n) is 2.80. The zero-order valence-electron chi connectivity index (χ0n) is 13.3. The van der Waals surface area contributed by atoms with Crippen LogP contribution in [0, 0.1) is 11.8 Å². The Balaban J connectivity index is 2.62. The molecule has 0 aliphatic heterocycles. The lowest BCUT2D eigenvalue weighted by Crippen LogP contribution is -2.28. The average Bonchev–Trinajstić information content (AvgIpc) is 2.34. The quantitative estimate of drug-likeness (QED) is 0.617. The molecule has 2 unspecified atom stereocenters. The van der Waals surface area contributed by atoms with Crippen molar-refractivity contribution in [3.8, 4) is 0 Å². The molecule has 1 aromatic rings. The van der Waals surface area contributed by atoms with Crippen molar-refractivity contribution in [2.75, 3.05) is 13.7 Å². The van der Waals surface area contributed by atoms with Crippen molar-refractivity contribution in [3.63, 3.8) is 0 Å². The number of hydrogen-bond acceptors (Lipinski definition) is 1. The summed E-state index contributed by atoms with van der Waals surface area (Å²) in [6.45, 7) is 10.7. The second-order valence-corrected chi connectivity index (χ2v) is 12.5. The van der Waals surface area contributed by atoms with Crippen molar-refractivity contribution in [1.82, 2.24) is 0 Å². The zero-order chi connectivity index (χ0) is 14.3. The Labute approximate surface area is 120 Å². The molecule has 0 bridgehead atoms. The summed E-state index contributed by atoms with van der Waals surface area (Å²) in [7, 11) is 0.807. The maximum atomic E-state index is 5.30. The van der Waals surface area contributed by atoms with Crippen molar-refractivity contribution < 1.29 is 4.74 Å². The van der Waals surface area contributed by atoms with E-state index in [1.54, 1.807) is 0 Å². The van der Waals surface area contributed by atoms with Gasteiger partial charge in [0.15, 0.2) is 0 Å². The van der Waals surface area contributed by atoms with Crippen LogP contribution in [0.3, 0.4) is 0 Å². The first kappa shape index (κ1) is 16.5. The van der Waals surface area contributed by atoms with E-state index in [0.717, 1.165) is 18.4 Å². The number of benzene rings is 1. The van der Waals surface area contributed by atoms with Crippen LogP contribution in [0.4, 0.5) is 0 Å². The summed E-state index contributed by atoms with van der Waals surface area (Å²) in [5, 5.41) is 0. The van der Waals surface area contributed by atoms with Gasteiger partial charge in [-0.2, -0.15) is 0 Å². The molecule has 0 N–H and O–H groups in total. The highest BCUT2D eigenvalue weighted by molar-refractivity contribution is 6.76. The molecule has 2 atom stereocenters. The third kappa shape index (κ3) is 6.93. The summed E-state index contributed by atoms with van der Waals surface area (Å²) in [5.74, 6) is 1.54. The van der Waals surface area contributed by atoms with E-state index in [-0.39, 0.29) is 0 Å². The number of rotatable bonds is 8. The molecule has 0 aromatic heterocycles. The summed E-state index contributed by atoms with van der Waals surface area (Å²) in [4.78, 5) is 0. The number of methoxy groups -OCH3 is 1. The predicted molar refractivity (Wildman–Crippen MR) is 87.4 cm³/mol. The molecule has 0 aliphatic carbocycles. The predicted octanol–water partition coefficient (Wildman–Crippen LogP) is 4.86. The molecule has 1 nitrogen and oxygen atoms in total. The molecule has 0 amide bonds. The van der Waals surface area contributed by atoms with E-state index >= 15 is 0 Å². The summed E-state index contributed by atoms with van der Waals surface area (Å²) >= 11 is 0. The van der Waals surface area contributed by atoms with Crippen LogP contribution in [0.25, 0.3) is 0 Å². The van der Waals surface area contributed by atoms with E-state index in [2.05, 4.69) is 56.9 Å². The van der Waals surface area contributed by atoms with Gasteiger partial charge in [-0.3, -0.25) is 0 Å². The van der Waals surface area contributed by atoms with Gasteiger partial charge >= 0.3 is 0 Å². The molecule has 0 fully saturated rings. The van der Waals surface area contributed by atoms with Crippen LogP contribution in [-0.4, -0.2) is 21.8 Å². The van der Waals surface area contributed by atoms with E-state index in [1.165, 1.54) is 24.4 Å². The molecule has 1 aromatic carbocycles. The van der Waals surface area contributed by atoms with Crippen molar-refractivity contribution in [3.05, 3.63) is 35.9 Å². The zero-order valence-corrected chi connectivity index (χ0v) is 14.3. The van der Waals surface area contributed by atoms with Crippen molar-refractivity contribution in [2.24, 2.45) is 11.8 Å². The maximum Gasteiger partial charge on any atom is 0.0464 e. The Morgan fingerprint density at radius 2 is 1.74 bits per heavy atom. The number of hydrogen-bond donors (Lipinski definition) is 0. The summed E-state index contributed by atoms with van der Waals surface area (Å²) in [5.41, 5.74) is 1.47. The molecule has 108 valence electrons. The minimum absolute atomic E-state index is 0.740. The molecule has 2 heteroatoms. The molecule has 0 saturated carbocycles. The standard InChI is InChI=1S/C17H30OSi/c1-15(13-16-9-7-6-8-10-16)17(11-12-18-2)14-19(3,4)5/h6-10,15,17H,11-14H2,1-5H3. The van der Waals surface area contributed by atoms with Gasteiger partial charge in [-0.25, -0.2) is 0 Å².